The Hall–Kier alpha value is -1.33. The normalized spacial score (nSPS) is 10.5. The van der Waals surface area contributed by atoms with Crippen LogP contribution in [-0.2, 0) is 6.54 Å². The van der Waals surface area contributed by atoms with Crippen molar-refractivity contribution in [2.45, 2.75) is 26.8 Å². The highest BCUT2D eigenvalue weighted by Crippen LogP contribution is 2.22. The summed E-state index contributed by atoms with van der Waals surface area (Å²) in [4.78, 5) is 9.97. The van der Waals surface area contributed by atoms with Crippen molar-refractivity contribution in [2.75, 3.05) is 17.2 Å². The molecule has 0 radical (unpaired) electrons. The number of hydrogen-bond donors (Lipinski definition) is 2. The predicted molar refractivity (Wildman–Crippen MR) is 82.2 cm³/mol. The van der Waals surface area contributed by atoms with E-state index < -0.39 is 0 Å². The molecule has 2 aromatic rings. The summed E-state index contributed by atoms with van der Waals surface area (Å²) in [7, 11) is 0. The fraction of sp³-hybridized carbons (Fsp3) is 0.385. The van der Waals surface area contributed by atoms with Crippen LogP contribution in [0.25, 0.3) is 0 Å². The summed E-state index contributed by atoms with van der Waals surface area (Å²) < 4.78 is 0.806. The Labute approximate surface area is 122 Å². The molecule has 19 heavy (non-hydrogen) atoms. The van der Waals surface area contributed by atoms with Crippen molar-refractivity contribution in [3.05, 3.63) is 33.1 Å². The molecule has 102 valence electrons. The van der Waals surface area contributed by atoms with E-state index >= 15 is 0 Å². The van der Waals surface area contributed by atoms with Gasteiger partial charge in [-0.25, -0.2) is 4.98 Å². The number of halogens is 1. The SMILES string of the molecule is CCCNc1nc(C)cc(NCc2ccc(Cl)s2)n1. The fourth-order valence-corrected chi connectivity index (χ4v) is 2.63. The highest BCUT2D eigenvalue weighted by Gasteiger charge is 2.03. The predicted octanol–water partition coefficient (Wildman–Crippen LogP) is 3.93. The average molecular weight is 297 g/mol. The number of anilines is 2. The Balaban J connectivity index is 2.01. The van der Waals surface area contributed by atoms with E-state index in [0.717, 1.165) is 35.4 Å². The fourth-order valence-electron chi connectivity index (χ4n) is 1.60. The van der Waals surface area contributed by atoms with Crippen molar-refractivity contribution in [1.29, 1.82) is 0 Å². The minimum Gasteiger partial charge on any atom is -0.365 e. The van der Waals surface area contributed by atoms with Crippen LogP contribution in [0.4, 0.5) is 11.8 Å². The van der Waals surface area contributed by atoms with E-state index in [4.69, 9.17) is 11.6 Å². The minimum absolute atomic E-state index is 0.675. The average Bonchev–Trinajstić information content (AvgIpc) is 2.79. The zero-order valence-electron chi connectivity index (χ0n) is 11.0. The van der Waals surface area contributed by atoms with Crippen LogP contribution < -0.4 is 10.6 Å². The zero-order valence-corrected chi connectivity index (χ0v) is 12.6. The summed E-state index contributed by atoms with van der Waals surface area (Å²) in [5, 5.41) is 6.49. The van der Waals surface area contributed by atoms with Crippen LogP contribution in [0.1, 0.15) is 23.9 Å². The second kappa shape index (κ2) is 6.73. The molecule has 0 fully saturated rings. The number of aryl methyl sites for hydroxylation is 1. The van der Waals surface area contributed by atoms with Gasteiger partial charge in [0, 0.05) is 23.2 Å². The van der Waals surface area contributed by atoms with Crippen LogP contribution in [0.15, 0.2) is 18.2 Å². The van der Waals surface area contributed by atoms with Gasteiger partial charge in [0.2, 0.25) is 5.95 Å². The first-order valence-corrected chi connectivity index (χ1v) is 7.44. The molecule has 2 heterocycles. The standard InChI is InChI=1S/C13H17ClN4S/c1-3-6-15-13-17-9(2)7-12(18-13)16-8-10-4-5-11(14)19-10/h4-5,7H,3,6,8H2,1-2H3,(H2,15,16,17,18). The van der Waals surface area contributed by atoms with Gasteiger partial charge in [-0.15, -0.1) is 11.3 Å². The van der Waals surface area contributed by atoms with Crippen LogP contribution in [0, 0.1) is 6.92 Å². The Bertz CT molecular complexity index is 541. The molecule has 0 saturated heterocycles. The molecule has 0 aliphatic rings. The van der Waals surface area contributed by atoms with Crippen molar-refractivity contribution in [3.63, 3.8) is 0 Å². The quantitative estimate of drug-likeness (QED) is 0.848. The lowest BCUT2D eigenvalue weighted by Gasteiger charge is -2.08. The molecule has 0 saturated carbocycles. The number of thiophene rings is 1. The van der Waals surface area contributed by atoms with Gasteiger partial charge in [-0.05, 0) is 25.5 Å². The molecule has 6 heteroatoms. The smallest absolute Gasteiger partial charge is 0.224 e. The largest absolute Gasteiger partial charge is 0.365 e. The third kappa shape index (κ3) is 4.36. The summed E-state index contributed by atoms with van der Waals surface area (Å²) in [5.74, 6) is 1.50. The molecule has 2 rings (SSSR count). The van der Waals surface area contributed by atoms with E-state index in [1.807, 2.05) is 25.1 Å². The van der Waals surface area contributed by atoms with Crippen molar-refractivity contribution in [1.82, 2.24) is 9.97 Å². The van der Waals surface area contributed by atoms with E-state index in [-0.39, 0.29) is 0 Å². The summed E-state index contributed by atoms with van der Waals surface area (Å²) in [5.41, 5.74) is 0.945. The van der Waals surface area contributed by atoms with Gasteiger partial charge < -0.3 is 10.6 Å². The maximum Gasteiger partial charge on any atom is 0.224 e. The molecule has 0 amide bonds. The second-order valence-electron chi connectivity index (χ2n) is 4.20. The summed E-state index contributed by atoms with van der Waals surface area (Å²) in [6.45, 7) is 5.68. The van der Waals surface area contributed by atoms with Gasteiger partial charge in [0.05, 0.1) is 10.9 Å². The summed E-state index contributed by atoms with van der Waals surface area (Å²) in [6.07, 6.45) is 1.05. The number of nitrogens with one attached hydrogen (secondary N) is 2. The van der Waals surface area contributed by atoms with Crippen LogP contribution in [-0.4, -0.2) is 16.5 Å². The monoisotopic (exact) mass is 296 g/mol. The first kappa shape index (κ1) is 14.1. The molecule has 0 bridgehead atoms. The number of hydrogen-bond acceptors (Lipinski definition) is 5. The molecule has 0 aliphatic heterocycles. The Kier molecular flexibility index (Phi) is 4.99. The number of nitrogens with zero attached hydrogens (tertiary/aromatic N) is 2. The van der Waals surface area contributed by atoms with Crippen molar-refractivity contribution >= 4 is 34.7 Å². The Morgan fingerprint density at radius 2 is 2.11 bits per heavy atom. The molecule has 0 aromatic carbocycles. The molecule has 0 spiro atoms. The molecular weight excluding hydrogens is 280 g/mol. The van der Waals surface area contributed by atoms with Crippen molar-refractivity contribution in [2.24, 2.45) is 0 Å². The van der Waals surface area contributed by atoms with Crippen LogP contribution in [0.3, 0.4) is 0 Å². The van der Waals surface area contributed by atoms with Crippen LogP contribution in [0.2, 0.25) is 4.34 Å². The highest BCUT2D eigenvalue weighted by atomic mass is 35.5. The lowest BCUT2D eigenvalue weighted by atomic mass is 10.4. The van der Waals surface area contributed by atoms with E-state index in [9.17, 15) is 0 Å². The molecule has 4 nitrogen and oxygen atoms in total. The topological polar surface area (TPSA) is 49.8 Å². The Morgan fingerprint density at radius 1 is 1.26 bits per heavy atom. The first-order chi connectivity index (χ1) is 9.17. The third-order valence-corrected chi connectivity index (χ3v) is 3.69. The summed E-state index contributed by atoms with van der Waals surface area (Å²) >= 11 is 7.48. The van der Waals surface area contributed by atoms with Gasteiger partial charge in [0.25, 0.3) is 0 Å². The first-order valence-electron chi connectivity index (χ1n) is 6.25. The maximum absolute atomic E-state index is 5.90. The minimum atomic E-state index is 0.675. The van der Waals surface area contributed by atoms with Crippen LogP contribution >= 0.6 is 22.9 Å². The van der Waals surface area contributed by atoms with E-state index in [0.29, 0.717) is 5.95 Å². The van der Waals surface area contributed by atoms with Gasteiger partial charge in [0.15, 0.2) is 0 Å². The van der Waals surface area contributed by atoms with Gasteiger partial charge in [0.1, 0.15) is 5.82 Å². The number of rotatable bonds is 6. The highest BCUT2D eigenvalue weighted by molar-refractivity contribution is 7.16. The summed E-state index contributed by atoms with van der Waals surface area (Å²) in [6, 6.07) is 5.86. The van der Waals surface area contributed by atoms with Crippen molar-refractivity contribution in [3.8, 4) is 0 Å². The van der Waals surface area contributed by atoms with Crippen LogP contribution in [0.5, 0.6) is 0 Å². The maximum atomic E-state index is 5.90. The van der Waals surface area contributed by atoms with Crippen molar-refractivity contribution < 1.29 is 0 Å². The molecular formula is C13H17ClN4S. The van der Waals surface area contributed by atoms with E-state index in [1.165, 1.54) is 4.88 Å². The van der Waals surface area contributed by atoms with E-state index in [2.05, 4.69) is 27.5 Å². The lowest BCUT2D eigenvalue weighted by molar-refractivity contribution is 0.944. The molecule has 2 N–H and O–H groups in total. The van der Waals surface area contributed by atoms with Gasteiger partial charge in [-0.1, -0.05) is 18.5 Å². The van der Waals surface area contributed by atoms with Gasteiger partial charge in [-0.3, -0.25) is 0 Å². The Morgan fingerprint density at radius 3 is 2.79 bits per heavy atom. The lowest BCUT2D eigenvalue weighted by Crippen LogP contribution is -2.08. The van der Waals surface area contributed by atoms with Gasteiger partial charge in [-0.2, -0.15) is 4.98 Å². The second-order valence-corrected chi connectivity index (χ2v) is 6.00. The zero-order chi connectivity index (χ0) is 13.7. The molecule has 0 atom stereocenters. The molecule has 0 aliphatic carbocycles. The van der Waals surface area contributed by atoms with E-state index in [1.54, 1.807) is 11.3 Å². The van der Waals surface area contributed by atoms with Gasteiger partial charge >= 0.3 is 0 Å². The number of aromatic nitrogens is 2. The molecule has 0 unspecified atom stereocenters. The molecule has 2 aromatic heterocycles. The third-order valence-electron chi connectivity index (χ3n) is 2.46.